The number of hydrogen-bond donors (Lipinski definition) is 1. The van der Waals surface area contributed by atoms with Crippen molar-refractivity contribution in [3.05, 3.63) is 48.0 Å². The van der Waals surface area contributed by atoms with Crippen LogP contribution >= 0.6 is 0 Å². The molecule has 1 saturated carbocycles. The Balaban J connectivity index is 1.40. The summed E-state index contributed by atoms with van der Waals surface area (Å²) >= 11 is 0. The quantitative estimate of drug-likeness (QED) is 0.807. The van der Waals surface area contributed by atoms with Gasteiger partial charge >= 0.3 is 6.01 Å². The fourth-order valence-corrected chi connectivity index (χ4v) is 3.17. The zero-order valence-electron chi connectivity index (χ0n) is 15.4. The van der Waals surface area contributed by atoms with E-state index in [1.54, 1.807) is 0 Å². The Morgan fingerprint density at radius 1 is 1.15 bits per heavy atom. The zero-order chi connectivity index (χ0) is 19.1. The van der Waals surface area contributed by atoms with Crippen molar-refractivity contribution in [3.8, 4) is 11.8 Å². The first-order valence-corrected chi connectivity index (χ1v) is 9.27. The summed E-state index contributed by atoms with van der Waals surface area (Å²) in [6.07, 6.45) is 5.80. The predicted molar refractivity (Wildman–Crippen MR) is 98.1 cm³/mol. The van der Waals surface area contributed by atoms with Crippen LogP contribution in [0.2, 0.25) is 0 Å². The lowest BCUT2D eigenvalue weighted by molar-refractivity contribution is -0.121. The van der Waals surface area contributed by atoms with Gasteiger partial charge in [-0.2, -0.15) is 0 Å². The number of amides is 1. The number of halogens is 1. The lowest BCUT2D eigenvalue weighted by Crippen LogP contribution is -2.40. The first kappa shape index (κ1) is 19.1. The maximum Gasteiger partial charge on any atom is 0.316 e. The number of carbonyl (C=O) groups is 1. The summed E-state index contributed by atoms with van der Waals surface area (Å²) in [5, 5.41) is 3.09. The lowest BCUT2D eigenvalue weighted by Gasteiger charge is -2.28. The van der Waals surface area contributed by atoms with Crippen LogP contribution in [-0.4, -0.2) is 34.6 Å². The monoisotopic (exact) mass is 373 g/mol. The number of nitrogens with zero attached hydrogens (tertiary/aromatic N) is 2. The summed E-state index contributed by atoms with van der Waals surface area (Å²) in [6, 6.07) is 7.93. The van der Waals surface area contributed by atoms with Gasteiger partial charge in [0.15, 0.2) is 5.82 Å². The highest BCUT2D eigenvalue weighted by Crippen LogP contribution is 2.22. The summed E-state index contributed by atoms with van der Waals surface area (Å²) < 4.78 is 23.9. The van der Waals surface area contributed by atoms with Gasteiger partial charge in [-0.05, 0) is 50.3 Å². The molecule has 0 unspecified atom stereocenters. The van der Waals surface area contributed by atoms with E-state index in [2.05, 4.69) is 15.3 Å². The third-order valence-electron chi connectivity index (χ3n) is 4.51. The van der Waals surface area contributed by atoms with E-state index in [4.69, 9.17) is 9.47 Å². The van der Waals surface area contributed by atoms with E-state index in [1.807, 2.05) is 31.2 Å². The molecule has 0 saturated heterocycles. The highest BCUT2D eigenvalue weighted by Gasteiger charge is 2.24. The summed E-state index contributed by atoms with van der Waals surface area (Å²) in [7, 11) is 0. The second-order valence-electron chi connectivity index (χ2n) is 6.60. The fourth-order valence-electron chi connectivity index (χ4n) is 3.17. The van der Waals surface area contributed by atoms with Crippen molar-refractivity contribution in [2.75, 3.05) is 6.61 Å². The minimum absolute atomic E-state index is 0.00489. The standard InChI is InChI=1S/C20H24FN3O3/c1-2-26-17-7-3-14(4-8-17)11-19(25)24-16-5-9-18(10-6-16)27-20-22-12-15(21)13-23-20/h3-4,7-8,12-13,16,18H,2,5-6,9-11H2,1H3,(H,24,25). The summed E-state index contributed by atoms with van der Waals surface area (Å²) in [6.45, 7) is 2.56. The molecule has 1 heterocycles. The van der Waals surface area contributed by atoms with Crippen LogP contribution in [0.5, 0.6) is 11.8 Å². The Morgan fingerprint density at radius 3 is 2.44 bits per heavy atom. The molecule has 1 fully saturated rings. The number of ether oxygens (including phenoxy) is 2. The molecule has 0 bridgehead atoms. The van der Waals surface area contributed by atoms with Crippen LogP contribution in [0.15, 0.2) is 36.7 Å². The van der Waals surface area contributed by atoms with Crippen molar-refractivity contribution < 1.29 is 18.7 Å². The molecule has 1 aromatic heterocycles. The third kappa shape index (κ3) is 5.91. The molecule has 1 aromatic carbocycles. The Bertz CT molecular complexity index is 729. The van der Waals surface area contributed by atoms with E-state index >= 15 is 0 Å². The highest BCUT2D eigenvalue weighted by molar-refractivity contribution is 5.78. The van der Waals surface area contributed by atoms with E-state index in [0.29, 0.717) is 13.0 Å². The number of carbonyl (C=O) groups excluding carboxylic acids is 1. The Kier molecular flexibility index (Phi) is 6.57. The van der Waals surface area contributed by atoms with Crippen molar-refractivity contribution in [2.45, 2.75) is 51.2 Å². The number of benzene rings is 1. The van der Waals surface area contributed by atoms with Gasteiger partial charge in [-0.1, -0.05) is 12.1 Å². The zero-order valence-corrected chi connectivity index (χ0v) is 15.4. The van der Waals surface area contributed by atoms with Crippen molar-refractivity contribution in [1.82, 2.24) is 15.3 Å². The van der Waals surface area contributed by atoms with Crippen LogP contribution in [-0.2, 0) is 11.2 Å². The predicted octanol–water partition coefficient (Wildman–Crippen LogP) is 3.06. The largest absolute Gasteiger partial charge is 0.494 e. The number of rotatable bonds is 7. The maximum atomic E-state index is 12.8. The van der Waals surface area contributed by atoms with Gasteiger partial charge in [0.1, 0.15) is 11.9 Å². The van der Waals surface area contributed by atoms with Crippen LogP contribution in [0.25, 0.3) is 0 Å². The molecule has 0 radical (unpaired) electrons. The third-order valence-corrected chi connectivity index (χ3v) is 4.51. The van der Waals surface area contributed by atoms with Gasteiger partial charge in [0, 0.05) is 6.04 Å². The molecule has 7 heteroatoms. The Hall–Kier alpha value is -2.70. The molecular formula is C20H24FN3O3. The molecule has 3 rings (SSSR count). The normalized spacial score (nSPS) is 19.3. The Morgan fingerprint density at radius 2 is 1.81 bits per heavy atom. The van der Waals surface area contributed by atoms with Gasteiger partial charge in [-0.25, -0.2) is 14.4 Å². The summed E-state index contributed by atoms with van der Waals surface area (Å²) in [5.41, 5.74) is 0.960. The van der Waals surface area contributed by atoms with Crippen LogP contribution in [0.4, 0.5) is 4.39 Å². The highest BCUT2D eigenvalue weighted by atomic mass is 19.1. The first-order chi connectivity index (χ1) is 13.1. The van der Waals surface area contributed by atoms with Gasteiger partial charge in [0.2, 0.25) is 5.91 Å². The van der Waals surface area contributed by atoms with E-state index in [9.17, 15) is 9.18 Å². The van der Waals surface area contributed by atoms with Gasteiger partial charge in [0.25, 0.3) is 0 Å². The van der Waals surface area contributed by atoms with Crippen LogP contribution in [0.1, 0.15) is 38.2 Å². The van der Waals surface area contributed by atoms with Crippen molar-refractivity contribution in [1.29, 1.82) is 0 Å². The van der Waals surface area contributed by atoms with Gasteiger partial charge < -0.3 is 14.8 Å². The summed E-state index contributed by atoms with van der Waals surface area (Å²) in [5.74, 6) is 0.344. The SMILES string of the molecule is CCOc1ccc(CC(=O)NC2CCC(Oc3ncc(F)cn3)CC2)cc1. The van der Waals surface area contributed by atoms with E-state index < -0.39 is 5.82 Å². The first-order valence-electron chi connectivity index (χ1n) is 9.27. The maximum absolute atomic E-state index is 12.8. The molecule has 0 aliphatic heterocycles. The van der Waals surface area contributed by atoms with Crippen molar-refractivity contribution in [3.63, 3.8) is 0 Å². The number of aromatic nitrogens is 2. The average molecular weight is 373 g/mol. The molecule has 0 atom stereocenters. The minimum atomic E-state index is -0.485. The summed E-state index contributed by atoms with van der Waals surface area (Å²) in [4.78, 5) is 19.9. The smallest absolute Gasteiger partial charge is 0.316 e. The van der Waals surface area contributed by atoms with E-state index in [1.165, 1.54) is 0 Å². The lowest BCUT2D eigenvalue weighted by atomic mass is 9.93. The topological polar surface area (TPSA) is 73.3 Å². The minimum Gasteiger partial charge on any atom is -0.494 e. The molecule has 1 aliphatic rings. The van der Waals surface area contributed by atoms with E-state index in [-0.39, 0.29) is 24.1 Å². The number of hydrogen-bond acceptors (Lipinski definition) is 5. The van der Waals surface area contributed by atoms with Crippen LogP contribution < -0.4 is 14.8 Å². The van der Waals surface area contributed by atoms with Crippen molar-refractivity contribution >= 4 is 5.91 Å². The molecule has 1 amide bonds. The van der Waals surface area contributed by atoms with Crippen molar-refractivity contribution in [2.24, 2.45) is 0 Å². The second kappa shape index (κ2) is 9.30. The molecule has 1 N–H and O–H groups in total. The van der Waals surface area contributed by atoms with Gasteiger partial charge in [0.05, 0.1) is 25.4 Å². The van der Waals surface area contributed by atoms with Gasteiger partial charge in [-0.3, -0.25) is 4.79 Å². The van der Waals surface area contributed by atoms with Gasteiger partial charge in [-0.15, -0.1) is 0 Å². The molecule has 27 heavy (non-hydrogen) atoms. The second-order valence-corrected chi connectivity index (χ2v) is 6.60. The molecule has 144 valence electrons. The van der Waals surface area contributed by atoms with Crippen LogP contribution in [0, 0.1) is 5.82 Å². The molecular weight excluding hydrogens is 349 g/mol. The number of nitrogens with one attached hydrogen (secondary N) is 1. The fraction of sp³-hybridized carbons (Fsp3) is 0.450. The molecule has 1 aliphatic carbocycles. The molecule has 2 aromatic rings. The average Bonchev–Trinajstić information content (AvgIpc) is 2.67. The van der Waals surface area contributed by atoms with Crippen LogP contribution in [0.3, 0.4) is 0 Å². The van der Waals surface area contributed by atoms with E-state index in [0.717, 1.165) is 49.4 Å². The molecule has 6 nitrogen and oxygen atoms in total. The molecule has 0 spiro atoms. The Labute approximate surface area is 158 Å².